The number of allylic oxidation sites excluding steroid dienone is 1. The maximum Gasteiger partial charge on any atom is 0.373 e. The molecule has 2 aliphatic heterocycles. The van der Waals surface area contributed by atoms with Crippen LogP contribution in [0.5, 0.6) is 0 Å². The van der Waals surface area contributed by atoms with E-state index in [1.54, 1.807) is 0 Å². The number of hydrogen-bond acceptors (Lipinski definition) is 8. The summed E-state index contributed by atoms with van der Waals surface area (Å²) in [6, 6.07) is 0. The van der Waals surface area contributed by atoms with Crippen molar-refractivity contribution in [3.05, 3.63) is 11.8 Å². The molecule has 0 N–H and O–H groups in total. The zero-order valence-corrected chi connectivity index (χ0v) is 13.9. The van der Waals surface area contributed by atoms with E-state index in [4.69, 9.17) is 14.2 Å². The van der Waals surface area contributed by atoms with E-state index in [-0.39, 0.29) is 18.1 Å². The number of methoxy groups -OCH3 is 3. The van der Waals surface area contributed by atoms with Gasteiger partial charge in [-0.1, -0.05) is 0 Å². The predicted molar refractivity (Wildman–Crippen MR) is 77.0 cm³/mol. The third-order valence-corrected chi connectivity index (χ3v) is 4.25. The van der Waals surface area contributed by atoms with Crippen LogP contribution in [-0.2, 0) is 38.1 Å². The molecule has 0 radical (unpaired) electrons. The molecule has 0 spiro atoms. The first kappa shape index (κ1) is 17.8. The third kappa shape index (κ3) is 2.49. The van der Waals surface area contributed by atoms with E-state index < -0.39 is 35.6 Å². The molecular weight excluding hydrogens is 322 g/mol. The molecule has 2 aliphatic rings. The van der Waals surface area contributed by atoms with Gasteiger partial charge in [-0.15, -0.1) is 0 Å². The highest BCUT2D eigenvalue weighted by Crippen LogP contribution is 2.45. The van der Waals surface area contributed by atoms with Crippen molar-refractivity contribution in [1.29, 1.82) is 0 Å². The summed E-state index contributed by atoms with van der Waals surface area (Å²) in [6.07, 6.45) is 0.839. The summed E-state index contributed by atoms with van der Waals surface area (Å²) < 4.78 is 19.7. The van der Waals surface area contributed by atoms with Crippen LogP contribution in [-0.4, -0.2) is 61.8 Å². The van der Waals surface area contributed by atoms with Gasteiger partial charge < -0.3 is 18.9 Å². The van der Waals surface area contributed by atoms with Crippen LogP contribution in [0, 0.1) is 5.92 Å². The molecule has 0 bridgehead atoms. The van der Waals surface area contributed by atoms with Crippen LogP contribution < -0.4 is 0 Å². The molecule has 2 heterocycles. The monoisotopic (exact) mass is 341 g/mol. The van der Waals surface area contributed by atoms with Crippen molar-refractivity contribution in [2.45, 2.75) is 31.5 Å². The maximum atomic E-state index is 12.4. The van der Waals surface area contributed by atoms with Crippen molar-refractivity contribution in [3.63, 3.8) is 0 Å². The molecule has 9 heteroatoms. The van der Waals surface area contributed by atoms with Crippen molar-refractivity contribution in [2.24, 2.45) is 5.92 Å². The highest BCUT2D eigenvalue weighted by Gasteiger charge is 2.65. The molecule has 0 aromatic heterocycles. The second kappa shape index (κ2) is 6.50. The van der Waals surface area contributed by atoms with Crippen LogP contribution in [0.1, 0.15) is 19.8 Å². The van der Waals surface area contributed by atoms with E-state index >= 15 is 0 Å². The second-order valence-corrected chi connectivity index (χ2v) is 5.50. The fraction of sp³-hybridized carbons (Fsp3) is 0.600. The molecule has 1 saturated heterocycles. The molecule has 1 fully saturated rings. The lowest BCUT2D eigenvalue weighted by molar-refractivity contribution is -0.181. The van der Waals surface area contributed by atoms with Gasteiger partial charge in [0.25, 0.3) is 0 Å². The van der Waals surface area contributed by atoms with Crippen molar-refractivity contribution in [1.82, 2.24) is 4.90 Å². The lowest BCUT2D eigenvalue weighted by atomic mass is 9.89. The van der Waals surface area contributed by atoms with Crippen LogP contribution in [0.25, 0.3) is 0 Å². The quantitative estimate of drug-likeness (QED) is 0.392. The van der Waals surface area contributed by atoms with E-state index in [0.717, 1.165) is 19.1 Å². The summed E-state index contributed by atoms with van der Waals surface area (Å²) in [7, 11) is 3.43. The number of carbonyl (C=O) groups excluding carboxylic acids is 4. The van der Waals surface area contributed by atoms with Gasteiger partial charge >= 0.3 is 17.9 Å². The fourth-order valence-corrected chi connectivity index (χ4v) is 3.26. The van der Waals surface area contributed by atoms with Gasteiger partial charge in [0.15, 0.2) is 6.23 Å². The first-order valence-electron chi connectivity index (χ1n) is 7.25. The van der Waals surface area contributed by atoms with E-state index in [1.165, 1.54) is 20.1 Å². The first-order valence-corrected chi connectivity index (χ1v) is 7.25. The van der Waals surface area contributed by atoms with Crippen molar-refractivity contribution >= 4 is 23.8 Å². The van der Waals surface area contributed by atoms with Crippen LogP contribution in [0.15, 0.2) is 11.8 Å². The number of ether oxygens (including phenoxy) is 4. The minimum Gasteiger partial charge on any atom is -0.467 e. The van der Waals surface area contributed by atoms with Gasteiger partial charge in [0.2, 0.25) is 17.2 Å². The molecule has 0 saturated carbocycles. The molecule has 0 aromatic rings. The number of esters is 3. The SMILES string of the molecule is COC(=O)C1=CC[C@H]2CC(C(=O)OC)(C(=O)OC)N(C(C)=O)[C@H]2O1. The summed E-state index contributed by atoms with van der Waals surface area (Å²) in [5.74, 6) is -3.56. The number of amides is 1. The number of likely N-dealkylation sites (tertiary alicyclic amines) is 1. The first-order chi connectivity index (χ1) is 11.3. The Morgan fingerprint density at radius 1 is 1.12 bits per heavy atom. The van der Waals surface area contributed by atoms with E-state index in [0.29, 0.717) is 6.42 Å². The maximum absolute atomic E-state index is 12.4. The minimum absolute atomic E-state index is 0.0262. The Kier molecular flexibility index (Phi) is 4.81. The lowest BCUT2D eigenvalue weighted by Crippen LogP contribution is -2.61. The molecule has 0 aliphatic carbocycles. The fourth-order valence-electron chi connectivity index (χ4n) is 3.26. The summed E-state index contributed by atoms with van der Waals surface area (Å²) >= 11 is 0. The van der Waals surface area contributed by atoms with Gasteiger partial charge in [-0.2, -0.15) is 0 Å². The normalized spacial score (nSPS) is 24.2. The van der Waals surface area contributed by atoms with Gasteiger partial charge in [0.05, 0.1) is 21.3 Å². The van der Waals surface area contributed by atoms with E-state index in [1.807, 2.05) is 0 Å². The standard InChI is InChI=1S/C15H19NO8/c1-8(17)16-11-9(5-6-10(24-11)12(18)21-2)7-15(16,13(19)22-3)14(20)23-4/h6,9,11H,5,7H2,1-4H3/t9-,11-/m0/s1. The Morgan fingerprint density at radius 3 is 2.17 bits per heavy atom. The average Bonchev–Trinajstić information content (AvgIpc) is 2.94. The Labute approximate surface area is 138 Å². The molecule has 0 unspecified atom stereocenters. The predicted octanol–water partition coefficient (Wildman–Crippen LogP) is -0.257. The lowest BCUT2D eigenvalue weighted by Gasteiger charge is -2.36. The highest BCUT2D eigenvalue weighted by molar-refractivity contribution is 6.08. The Bertz CT molecular complexity index is 595. The second-order valence-electron chi connectivity index (χ2n) is 5.50. The Hall–Kier alpha value is -2.58. The van der Waals surface area contributed by atoms with Crippen molar-refractivity contribution < 1.29 is 38.1 Å². The van der Waals surface area contributed by atoms with Gasteiger partial charge in [0, 0.05) is 19.3 Å². The van der Waals surface area contributed by atoms with E-state index in [2.05, 4.69) is 4.74 Å². The van der Waals surface area contributed by atoms with E-state index in [9.17, 15) is 19.2 Å². The molecule has 2 atom stereocenters. The zero-order valence-electron chi connectivity index (χ0n) is 13.9. The number of nitrogens with zero attached hydrogens (tertiary/aromatic N) is 1. The summed E-state index contributed by atoms with van der Waals surface area (Å²) in [5, 5.41) is 0. The molecule has 24 heavy (non-hydrogen) atoms. The summed E-state index contributed by atoms with van der Waals surface area (Å²) in [6.45, 7) is 1.20. The van der Waals surface area contributed by atoms with Crippen LogP contribution in [0.2, 0.25) is 0 Å². The van der Waals surface area contributed by atoms with Crippen LogP contribution in [0.4, 0.5) is 0 Å². The number of carbonyl (C=O) groups is 4. The Morgan fingerprint density at radius 2 is 1.71 bits per heavy atom. The molecule has 0 aromatic carbocycles. The minimum atomic E-state index is -1.94. The molecular formula is C15H19NO8. The molecule has 1 amide bonds. The van der Waals surface area contributed by atoms with Gasteiger partial charge in [-0.05, 0) is 12.5 Å². The summed E-state index contributed by atoms with van der Waals surface area (Å²) in [4.78, 5) is 49.6. The van der Waals surface area contributed by atoms with Gasteiger partial charge in [-0.25, -0.2) is 14.4 Å². The number of fused-ring (bicyclic) bond motifs is 1. The van der Waals surface area contributed by atoms with Crippen molar-refractivity contribution in [3.8, 4) is 0 Å². The van der Waals surface area contributed by atoms with Crippen LogP contribution >= 0.6 is 0 Å². The van der Waals surface area contributed by atoms with Crippen molar-refractivity contribution in [2.75, 3.05) is 21.3 Å². The number of rotatable bonds is 3. The van der Waals surface area contributed by atoms with Gasteiger partial charge in [-0.3, -0.25) is 9.69 Å². The molecule has 9 nitrogen and oxygen atoms in total. The molecule has 132 valence electrons. The molecule has 2 rings (SSSR count). The largest absolute Gasteiger partial charge is 0.467 e. The highest BCUT2D eigenvalue weighted by atomic mass is 16.6. The zero-order chi connectivity index (χ0) is 18.1. The smallest absolute Gasteiger partial charge is 0.373 e. The third-order valence-electron chi connectivity index (χ3n) is 4.25. The Balaban J connectivity index is 2.48. The topological polar surface area (TPSA) is 108 Å². The summed E-state index contributed by atoms with van der Waals surface area (Å²) in [5.41, 5.74) is -1.94. The number of hydrogen-bond donors (Lipinski definition) is 0. The van der Waals surface area contributed by atoms with Crippen LogP contribution in [0.3, 0.4) is 0 Å². The average molecular weight is 341 g/mol. The van der Waals surface area contributed by atoms with Gasteiger partial charge in [0.1, 0.15) is 0 Å².